The van der Waals surface area contributed by atoms with Gasteiger partial charge in [-0.2, -0.15) is 0 Å². The van der Waals surface area contributed by atoms with Crippen LogP contribution in [0.2, 0.25) is 0 Å². The molecule has 2 N–H and O–H groups in total. The third kappa shape index (κ3) is 5.36. The lowest BCUT2D eigenvalue weighted by molar-refractivity contribution is -0.140. The number of aliphatic carboxylic acids is 1. The molecule has 1 aromatic rings. The van der Waals surface area contributed by atoms with Crippen molar-refractivity contribution in [2.24, 2.45) is 5.92 Å². The molecule has 23 heavy (non-hydrogen) atoms. The molecule has 0 aromatic carbocycles. The monoisotopic (exact) mass is 321 g/mol. The number of Topliss-reactive ketones (excluding diaryl/α,β-unsaturated/α-hetero) is 1. The van der Waals surface area contributed by atoms with E-state index in [1.807, 2.05) is 6.92 Å². The van der Waals surface area contributed by atoms with Gasteiger partial charge in [0, 0.05) is 14.0 Å². The van der Waals surface area contributed by atoms with Crippen molar-refractivity contribution in [2.75, 3.05) is 7.05 Å². The highest BCUT2D eigenvalue weighted by Gasteiger charge is 2.26. The van der Waals surface area contributed by atoms with Crippen LogP contribution in [0.5, 0.6) is 0 Å². The van der Waals surface area contributed by atoms with Crippen LogP contribution in [0.25, 0.3) is 0 Å². The molecular formula is C16H23N3O4. The van der Waals surface area contributed by atoms with Gasteiger partial charge in [-0.1, -0.05) is 26.3 Å². The van der Waals surface area contributed by atoms with Gasteiger partial charge in [0.25, 0.3) is 0 Å². The Bertz CT molecular complexity index is 588. The molecule has 2 atom stereocenters. The highest BCUT2D eigenvalue weighted by atomic mass is 16.4. The summed E-state index contributed by atoms with van der Waals surface area (Å²) in [4.78, 5) is 40.2. The van der Waals surface area contributed by atoms with E-state index in [9.17, 15) is 19.5 Å². The number of aromatic nitrogens is 1. The summed E-state index contributed by atoms with van der Waals surface area (Å²) < 4.78 is 0. The van der Waals surface area contributed by atoms with Crippen molar-refractivity contribution in [2.45, 2.75) is 39.8 Å². The van der Waals surface area contributed by atoms with Crippen LogP contribution in [-0.4, -0.2) is 45.9 Å². The summed E-state index contributed by atoms with van der Waals surface area (Å²) in [7, 11) is 1.55. The second-order valence-corrected chi connectivity index (χ2v) is 5.58. The average molecular weight is 321 g/mol. The number of nitrogens with zero attached hydrogens (tertiary/aromatic N) is 2. The minimum atomic E-state index is -1.06. The summed E-state index contributed by atoms with van der Waals surface area (Å²) in [5.74, 6) is -1.39. The Morgan fingerprint density at radius 2 is 2.00 bits per heavy atom. The SMILES string of the molecule is CC[C@H](C)[C@H](NC(=O)N(C)Cc1cccc(C(C)=O)n1)C(=O)O. The van der Waals surface area contributed by atoms with Crippen LogP contribution in [0.3, 0.4) is 0 Å². The molecule has 7 heteroatoms. The normalized spacial score (nSPS) is 13.0. The molecule has 0 aliphatic rings. The van der Waals surface area contributed by atoms with E-state index in [2.05, 4.69) is 10.3 Å². The summed E-state index contributed by atoms with van der Waals surface area (Å²) >= 11 is 0. The van der Waals surface area contributed by atoms with Crippen LogP contribution >= 0.6 is 0 Å². The molecule has 7 nitrogen and oxygen atoms in total. The molecule has 1 heterocycles. The summed E-state index contributed by atoms with van der Waals surface area (Å²) in [6.45, 7) is 5.25. The number of amides is 2. The second kappa shape index (κ2) is 8.26. The Morgan fingerprint density at radius 3 is 2.52 bits per heavy atom. The molecule has 0 spiro atoms. The van der Waals surface area contributed by atoms with Crippen molar-refractivity contribution in [1.82, 2.24) is 15.2 Å². The van der Waals surface area contributed by atoms with Gasteiger partial charge < -0.3 is 15.3 Å². The maximum Gasteiger partial charge on any atom is 0.326 e. The van der Waals surface area contributed by atoms with Gasteiger partial charge in [0.15, 0.2) is 5.78 Å². The minimum Gasteiger partial charge on any atom is -0.480 e. The van der Waals surface area contributed by atoms with Gasteiger partial charge in [-0.15, -0.1) is 0 Å². The van der Waals surface area contributed by atoms with E-state index in [1.165, 1.54) is 11.8 Å². The third-order valence-electron chi connectivity index (χ3n) is 3.67. The lowest BCUT2D eigenvalue weighted by Crippen LogP contribution is -2.49. The Kier molecular flexibility index (Phi) is 6.68. The van der Waals surface area contributed by atoms with Crippen LogP contribution in [0.1, 0.15) is 43.4 Å². The number of nitrogens with one attached hydrogen (secondary N) is 1. The minimum absolute atomic E-state index is 0.151. The Labute approximate surface area is 135 Å². The molecule has 0 unspecified atom stereocenters. The first-order chi connectivity index (χ1) is 10.8. The lowest BCUT2D eigenvalue weighted by atomic mass is 9.99. The number of carboxylic acids is 1. The van der Waals surface area contributed by atoms with Gasteiger partial charge in [0.1, 0.15) is 11.7 Å². The molecule has 0 aliphatic carbocycles. The molecule has 1 aromatic heterocycles. The van der Waals surface area contributed by atoms with Crippen molar-refractivity contribution in [3.8, 4) is 0 Å². The highest BCUT2D eigenvalue weighted by molar-refractivity contribution is 5.92. The summed E-state index contributed by atoms with van der Waals surface area (Å²) in [6.07, 6.45) is 0.642. The topological polar surface area (TPSA) is 99.6 Å². The average Bonchev–Trinajstić information content (AvgIpc) is 2.51. The van der Waals surface area contributed by atoms with Gasteiger partial charge >= 0.3 is 12.0 Å². The van der Waals surface area contributed by atoms with Gasteiger partial charge in [-0.3, -0.25) is 4.79 Å². The largest absolute Gasteiger partial charge is 0.480 e. The number of ketones is 1. The first kappa shape index (κ1) is 18.6. The van der Waals surface area contributed by atoms with E-state index in [-0.39, 0.29) is 18.2 Å². The summed E-state index contributed by atoms with van der Waals surface area (Å²) in [5, 5.41) is 11.7. The Morgan fingerprint density at radius 1 is 1.35 bits per heavy atom. The van der Waals surface area contributed by atoms with Crippen LogP contribution < -0.4 is 5.32 Å². The Hall–Kier alpha value is -2.44. The van der Waals surface area contributed by atoms with Crippen molar-refractivity contribution in [3.05, 3.63) is 29.6 Å². The number of carboxylic acid groups (broad SMARTS) is 1. The molecule has 0 radical (unpaired) electrons. The number of carbonyl (C=O) groups excluding carboxylic acids is 2. The first-order valence-corrected chi connectivity index (χ1v) is 7.47. The van der Waals surface area contributed by atoms with Gasteiger partial charge in [-0.25, -0.2) is 14.6 Å². The zero-order valence-electron chi connectivity index (χ0n) is 13.9. The molecular weight excluding hydrogens is 298 g/mol. The smallest absolute Gasteiger partial charge is 0.326 e. The van der Waals surface area contributed by atoms with E-state index < -0.39 is 18.0 Å². The number of pyridine rings is 1. The molecule has 1 rings (SSSR count). The zero-order chi connectivity index (χ0) is 17.6. The van der Waals surface area contributed by atoms with Crippen molar-refractivity contribution in [1.29, 1.82) is 0 Å². The predicted molar refractivity (Wildman–Crippen MR) is 85.1 cm³/mol. The molecule has 0 saturated carbocycles. The fraction of sp³-hybridized carbons (Fsp3) is 0.500. The van der Waals surface area contributed by atoms with Gasteiger partial charge in [0.05, 0.1) is 12.2 Å². The summed E-state index contributed by atoms with van der Waals surface area (Å²) in [5.41, 5.74) is 0.894. The maximum atomic E-state index is 12.2. The maximum absolute atomic E-state index is 12.2. The van der Waals surface area contributed by atoms with E-state index in [0.29, 0.717) is 17.8 Å². The number of rotatable bonds is 7. The predicted octanol–water partition coefficient (Wildman–Crippen LogP) is 1.92. The molecule has 126 valence electrons. The van der Waals surface area contributed by atoms with Crippen molar-refractivity contribution >= 4 is 17.8 Å². The van der Waals surface area contributed by atoms with Gasteiger partial charge in [0.2, 0.25) is 0 Å². The molecule has 0 saturated heterocycles. The highest BCUT2D eigenvalue weighted by Crippen LogP contribution is 2.09. The van der Waals surface area contributed by atoms with Crippen LogP contribution in [0.15, 0.2) is 18.2 Å². The summed E-state index contributed by atoms with van der Waals surface area (Å²) in [6, 6.07) is 3.58. The van der Waals surface area contributed by atoms with E-state index in [1.54, 1.807) is 32.2 Å². The molecule has 0 aliphatic heterocycles. The number of carbonyl (C=O) groups is 3. The third-order valence-corrected chi connectivity index (χ3v) is 3.67. The molecule has 2 amide bonds. The first-order valence-electron chi connectivity index (χ1n) is 7.47. The fourth-order valence-electron chi connectivity index (χ4n) is 2.00. The van der Waals surface area contributed by atoms with Crippen molar-refractivity contribution in [3.63, 3.8) is 0 Å². The van der Waals surface area contributed by atoms with Crippen molar-refractivity contribution < 1.29 is 19.5 Å². The quantitative estimate of drug-likeness (QED) is 0.747. The van der Waals surface area contributed by atoms with Crippen LogP contribution in [0, 0.1) is 5.92 Å². The standard InChI is InChI=1S/C16H23N3O4/c1-5-10(2)14(15(21)22)18-16(23)19(4)9-12-7-6-8-13(17-12)11(3)20/h6-8,10,14H,5,9H2,1-4H3,(H,18,23)(H,21,22)/t10-,14-/m0/s1. The van der Waals surface area contributed by atoms with E-state index in [4.69, 9.17) is 0 Å². The number of hydrogen-bond acceptors (Lipinski definition) is 4. The second-order valence-electron chi connectivity index (χ2n) is 5.58. The van der Waals surface area contributed by atoms with Crippen LogP contribution in [0.4, 0.5) is 4.79 Å². The van der Waals surface area contributed by atoms with Gasteiger partial charge in [-0.05, 0) is 18.1 Å². The fourth-order valence-corrected chi connectivity index (χ4v) is 2.00. The molecule has 0 fully saturated rings. The number of urea groups is 1. The molecule has 0 bridgehead atoms. The van der Waals surface area contributed by atoms with Crippen LogP contribution in [-0.2, 0) is 11.3 Å². The Balaban J connectivity index is 2.75. The lowest BCUT2D eigenvalue weighted by Gasteiger charge is -2.24. The van der Waals surface area contributed by atoms with E-state index >= 15 is 0 Å². The number of hydrogen-bond donors (Lipinski definition) is 2. The zero-order valence-corrected chi connectivity index (χ0v) is 13.9. The van der Waals surface area contributed by atoms with E-state index in [0.717, 1.165) is 0 Å².